The minimum atomic E-state index is 0.155. The summed E-state index contributed by atoms with van der Waals surface area (Å²) in [5, 5.41) is 3.41. The third kappa shape index (κ3) is 3.96. The fraction of sp³-hybridized carbons (Fsp3) is 0.533. The van der Waals surface area contributed by atoms with Gasteiger partial charge in [-0.1, -0.05) is 12.1 Å². The first-order chi connectivity index (χ1) is 9.19. The van der Waals surface area contributed by atoms with Crippen molar-refractivity contribution in [1.29, 1.82) is 0 Å². The van der Waals surface area contributed by atoms with Crippen molar-refractivity contribution < 1.29 is 9.53 Å². The van der Waals surface area contributed by atoms with E-state index in [0.717, 1.165) is 30.8 Å². The van der Waals surface area contributed by atoms with Gasteiger partial charge in [0.15, 0.2) is 0 Å². The predicted octanol–water partition coefficient (Wildman–Crippen LogP) is 1.45. The van der Waals surface area contributed by atoms with Gasteiger partial charge in [-0.05, 0) is 37.1 Å². The standard InChI is InChI=1S/C15H22N2O2/c1-17(11-13-6-4-8-16-13)15(18)10-12-5-3-7-14(9-12)19-2/h3,5,7,9,13,16H,4,6,8,10-11H2,1-2H3. The molecular formula is C15H22N2O2. The van der Waals surface area contributed by atoms with E-state index in [2.05, 4.69) is 5.32 Å². The molecule has 0 aliphatic carbocycles. The molecular weight excluding hydrogens is 240 g/mol. The molecule has 1 aromatic carbocycles. The Bertz CT molecular complexity index is 428. The van der Waals surface area contributed by atoms with E-state index < -0.39 is 0 Å². The van der Waals surface area contributed by atoms with Crippen LogP contribution >= 0.6 is 0 Å². The lowest BCUT2D eigenvalue weighted by Crippen LogP contribution is -2.39. The molecule has 104 valence electrons. The zero-order chi connectivity index (χ0) is 13.7. The van der Waals surface area contributed by atoms with Gasteiger partial charge in [-0.3, -0.25) is 4.79 Å². The van der Waals surface area contributed by atoms with Gasteiger partial charge >= 0.3 is 0 Å². The molecule has 0 aromatic heterocycles. The summed E-state index contributed by atoms with van der Waals surface area (Å²) < 4.78 is 5.17. The highest BCUT2D eigenvalue weighted by Crippen LogP contribution is 2.14. The first-order valence-corrected chi connectivity index (χ1v) is 6.79. The van der Waals surface area contributed by atoms with E-state index in [0.29, 0.717) is 12.5 Å². The quantitative estimate of drug-likeness (QED) is 0.873. The van der Waals surface area contributed by atoms with Crippen molar-refractivity contribution in [1.82, 2.24) is 10.2 Å². The predicted molar refractivity (Wildman–Crippen MR) is 75.4 cm³/mol. The molecule has 1 unspecified atom stereocenters. The Labute approximate surface area is 114 Å². The first kappa shape index (κ1) is 13.9. The van der Waals surface area contributed by atoms with Crippen LogP contribution in [0, 0.1) is 0 Å². The van der Waals surface area contributed by atoms with E-state index in [-0.39, 0.29) is 5.91 Å². The molecule has 19 heavy (non-hydrogen) atoms. The Kier molecular flexibility index (Phi) is 4.80. The van der Waals surface area contributed by atoms with E-state index in [9.17, 15) is 4.79 Å². The zero-order valence-corrected chi connectivity index (χ0v) is 11.7. The van der Waals surface area contributed by atoms with Gasteiger partial charge in [-0.15, -0.1) is 0 Å². The van der Waals surface area contributed by atoms with Gasteiger partial charge in [0.25, 0.3) is 0 Å². The number of carbonyl (C=O) groups is 1. The fourth-order valence-corrected chi connectivity index (χ4v) is 2.44. The number of rotatable bonds is 5. The molecule has 2 rings (SSSR count). The van der Waals surface area contributed by atoms with Crippen LogP contribution in [0.15, 0.2) is 24.3 Å². The number of carbonyl (C=O) groups excluding carboxylic acids is 1. The Morgan fingerprint density at radius 2 is 2.37 bits per heavy atom. The average Bonchev–Trinajstić information content (AvgIpc) is 2.91. The van der Waals surface area contributed by atoms with Crippen LogP contribution < -0.4 is 10.1 Å². The summed E-state index contributed by atoms with van der Waals surface area (Å²) in [6, 6.07) is 8.14. The molecule has 1 saturated heterocycles. The highest BCUT2D eigenvalue weighted by Gasteiger charge is 2.18. The van der Waals surface area contributed by atoms with Crippen LogP contribution in [0.3, 0.4) is 0 Å². The second-order valence-corrected chi connectivity index (χ2v) is 5.10. The van der Waals surface area contributed by atoms with Gasteiger partial charge in [0, 0.05) is 19.6 Å². The lowest BCUT2D eigenvalue weighted by molar-refractivity contribution is -0.129. The number of ether oxygens (including phenoxy) is 1. The SMILES string of the molecule is COc1cccc(CC(=O)N(C)CC2CCCN2)c1. The summed E-state index contributed by atoms with van der Waals surface area (Å²) in [5.74, 6) is 0.951. The molecule has 1 atom stereocenters. The average molecular weight is 262 g/mol. The molecule has 0 radical (unpaired) electrons. The summed E-state index contributed by atoms with van der Waals surface area (Å²) in [7, 11) is 3.52. The van der Waals surface area contributed by atoms with Crippen LogP contribution in [-0.4, -0.2) is 44.1 Å². The third-order valence-electron chi connectivity index (χ3n) is 3.57. The number of likely N-dealkylation sites (N-methyl/N-ethyl adjacent to an activating group) is 1. The van der Waals surface area contributed by atoms with Crippen molar-refractivity contribution in [3.63, 3.8) is 0 Å². The Morgan fingerprint density at radius 3 is 3.05 bits per heavy atom. The van der Waals surface area contributed by atoms with Gasteiger partial charge < -0.3 is 15.0 Å². The van der Waals surface area contributed by atoms with Crippen LogP contribution in [0.4, 0.5) is 0 Å². The highest BCUT2D eigenvalue weighted by molar-refractivity contribution is 5.78. The first-order valence-electron chi connectivity index (χ1n) is 6.79. The molecule has 0 spiro atoms. The molecule has 1 N–H and O–H groups in total. The van der Waals surface area contributed by atoms with Gasteiger partial charge in [0.05, 0.1) is 13.5 Å². The fourth-order valence-electron chi connectivity index (χ4n) is 2.44. The second kappa shape index (κ2) is 6.57. The lowest BCUT2D eigenvalue weighted by atomic mass is 10.1. The van der Waals surface area contributed by atoms with Gasteiger partial charge in [-0.25, -0.2) is 0 Å². The van der Waals surface area contributed by atoms with E-state index in [1.54, 1.807) is 7.11 Å². The van der Waals surface area contributed by atoms with Crippen LogP contribution in [0.25, 0.3) is 0 Å². The molecule has 1 fully saturated rings. The van der Waals surface area contributed by atoms with E-state index in [1.807, 2.05) is 36.2 Å². The molecule has 4 nitrogen and oxygen atoms in total. The number of hydrogen-bond donors (Lipinski definition) is 1. The summed E-state index contributed by atoms with van der Waals surface area (Å²) in [6.07, 6.45) is 2.81. The molecule has 0 bridgehead atoms. The topological polar surface area (TPSA) is 41.6 Å². The summed E-state index contributed by atoms with van der Waals surface area (Å²) >= 11 is 0. The van der Waals surface area contributed by atoms with Crippen LogP contribution in [-0.2, 0) is 11.2 Å². The molecule has 1 amide bonds. The molecule has 1 heterocycles. The Morgan fingerprint density at radius 1 is 1.53 bits per heavy atom. The number of nitrogens with one attached hydrogen (secondary N) is 1. The number of nitrogens with zero attached hydrogens (tertiary/aromatic N) is 1. The van der Waals surface area contributed by atoms with Gasteiger partial charge in [-0.2, -0.15) is 0 Å². The van der Waals surface area contributed by atoms with Crippen molar-refractivity contribution in [2.45, 2.75) is 25.3 Å². The normalized spacial score (nSPS) is 18.3. The number of amides is 1. The number of hydrogen-bond acceptors (Lipinski definition) is 3. The molecule has 1 aliphatic heterocycles. The Balaban J connectivity index is 1.88. The molecule has 0 saturated carbocycles. The van der Waals surface area contributed by atoms with Gasteiger partial charge in [0.2, 0.25) is 5.91 Å². The molecule has 1 aliphatic rings. The highest BCUT2D eigenvalue weighted by atomic mass is 16.5. The van der Waals surface area contributed by atoms with Crippen molar-refractivity contribution >= 4 is 5.91 Å². The van der Waals surface area contributed by atoms with E-state index >= 15 is 0 Å². The Hall–Kier alpha value is -1.55. The second-order valence-electron chi connectivity index (χ2n) is 5.10. The smallest absolute Gasteiger partial charge is 0.226 e. The number of methoxy groups -OCH3 is 1. The summed E-state index contributed by atoms with van der Waals surface area (Å²) in [6.45, 7) is 1.87. The maximum absolute atomic E-state index is 12.2. The van der Waals surface area contributed by atoms with Crippen molar-refractivity contribution in [3.8, 4) is 5.75 Å². The number of benzene rings is 1. The maximum Gasteiger partial charge on any atom is 0.226 e. The molecule has 1 aromatic rings. The minimum Gasteiger partial charge on any atom is -0.497 e. The van der Waals surface area contributed by atoms with Crippen LogP contribution in [0.2, 0.25) is 0 Å². The van der Waals surface area contributed by atoms with E-state index in [1.165, 1.54) is 6.42 Å². The third-order valence-corrected chi connectivity index (χ3v) is 3.57. The minimum absolute atomic E-state index is 0.155. The molecule has 4 heteroatoms. The largest absolute Gasteiger partial charge is 0.497 e. The van der Waals surface area contributed by atoms with Gasteiger partial charge in [0.1, 0.15) is 5.75 Å². The maximum atomic E-state index is 12.2. The zero-order valence-electron chi connectivity index (χ0n) is 11.7. The van der Waals surface area contributed by atoms with E-state index in [4.69, 9.17) is 4.74 Å². The van der Waals surface area contributed by atoms with Crippen molar-refractivity contribution in [3.05, 3.63) is 29.8 Å². The summed E-state index contributed by atoms with van der Waals surface area (Å²) in [4.78, 5) is 14.0. The van der Waals surface area contributed by atoms with Crippen LogP contribution in [0.1, 0.15) is 18.4 Å². The summed E-state index contributed by atoms with van der Waals surface area (Å²) in [5.41, 5.74) is 0.996. The lowest BCUT2D eigenvalue weighted by Gasteiger charge is -2.21. The van der Waals surface area contributed by atoms with Crippen molar-refractivity contribution in [2.75, 3.05) is 27.2 Å². The van der Waals surface area contributed by atoms with Crippen molar-refractivity contribution in [2.24, 2.45) is 0 Å². The van der Waals surface area contributed by atoms with Crippen LogP contribution in [0.5, 0.6) is 5.75 Å². The monoisotopic (exact) mass is 262 g/mol.